The maximum Gasteiger partial charge on any atom is 0.469 e. The maximum atomic E-state index is 10.9. The first-order chi connectivity index (χ1) is 14.7. The molecule has 0 bridgehead atoms. The number of benzene rings is 1. The molecular weight excluding hydrogens is 453 g/mol. The van der Waals surface area contributed by atoms with E-state index >= 15 is 0 Å². The number of aliphatic hydroxyl groups is 2. The van der Waals surface area contributed by atoms with Gasteiger partial charge in [0.1, 0.15) is 24.6 Å². The standard InChI is InChI=1S/C17H19ClN5O7P/c18-10-3-1-9(2-4-10)5-19-15-12-16(21-7-20-15)23(8-22-12)17-14(25)13(24)11(30-17)6-29-31(26,27)28/h1-4,7-8,11,13-14,17,24-25H,5-6H2,(H,19,20,21)(H2,26,27,28)/t11-,13-,14-,17-/m1/s1. The summed E-state index contributed by atoms with van der Waals surface area (Å²) in [4.78, 5) is 30.4. The molecule has 3 aromatic rings. The van der Waals surface area contributed by atoms with Crippen LogP contribution in [0.25, 0.3) is 11.2 Å². The number of imidazole rings is 1. The molecule has 1 saturated heterocycles. The molecule has 31 heavy (non-hydrogen) atoms. The predicted octanol–water partition coefficient (Wildman–Crippen LogP) is 0.820. The highest BCUT2D eigenvalue weighted by Gasteiger charge is 2.45. The quantitative estimate of drug-likeness (QED) is 0.309. The van der Waals surface area contributed by atoms with Crippen molar-refractivity contribution in [1.82, 2.24) is 19.5 Å². The van der Waals surface area contributed by atoms with Crippen LogP contribution in [0.5, 0.6) is 0 Å². The second kappa shape index (κ2) is 8.77. The van der Waals surface area contributed by atoms with Gasteiger partial charge in [-0.05, 0) is 17.7 Å². The molecule has 1 aliphatic heterocycles. The lowest BCUT2D eigenvalue weighted by molar-refractivity contribution is -0.0504. The van der Waals surface area contributed by atoms with Gasteiger partial charge in [-0.1, -0.05) is 23.7 Å². The smallest absolute Gasteiger partial charge is 0.387 e. The van der Waals surface area contributed by atoms with E-state index in [9.17, 15) is 14.8 Å². The molecule has 0 amide bonds. The van der Waals surface area contributed by atoms with E-state index in [2.05, 4.69) is 24.8 Å². The number of nitrogens with zero attached hydrogens (tertiary/aromatic N) is 4. The third kappa shape index (κ3) is 4.86. The monoisotopic (exact) mass is 471 g/mol. The summed E-state index contributed by atoms with van der Waals surface area (Å²) in [5.41, 5.74) is 1.72. The molecule has 5 N–H and O–H groups in total. The molecule has 1 aromatic carbocycles. The number of nitrogens with one attached hydrogen (secondary N) is 1. The number of hydrogen-bond acceptors (Lipinski definition) is 9. The van der Waals surface area contributed by atoms with E-state index in [0.29, 0.717) is 28.5 Å². The highest BCUT2D eigenvalue weighted by Crippen LogP contribution is 2.39. The number of ether oxygens (including phenoxy) is 1. The van der Waals surface area contributed by atoms with Gasteiger partial charge in [0.2, 0.25) is 0 Å². The van der Waals surface area contributed by atoms with Crippen LogP contribution in [-0.4, -0.2) is 64.4 Å². The van der Waals surface area contributed by atoms with Gasteiger partial charge in [-0.2, -0.15) is 0 Å². The van der Waals surface area contributed by atoms with Crippen molar-refractivity contribution in [1.29, 1.82) is 0 Å². The van der Waals surface area contributed by atoms with Gasteiger partial charge >= 0.3 is 7.82 Å². The van der Waals surface area contributed by atoms with Crippen molar-refractivity contribution in [2.75, 3.05) is 11.9 Å². The van der Waals surface area contributed by atoms with Crippen LogP contribution in [0, 0.1) is 0 Å². The van der Waals surface area contributed by atoms with Crippen molar-refractivity contribution < 1.29 is 33.8 Å². The average molecular weight is 472 g/mol. The minimum atomic E-state index is -4.75. The number of fused-ring (bicyclic) bond motifs is 1. The normalized spacial score (nSPS) is 24.0. The Morgan fingerprint density at radius 2 is 1.90 bits per heavy atom. The van der Waals surface area contributed by atoms with E-state index < -0.39 is 39.0 Å². The lowest BCUT2D eigenvalue weighted by Crippen LogP contribution is -2.33. The number of phosphoric acid groups is 1. The van der Waals surface area contributed by atoms with Crippen LogP contribution >= 0.6 is 19.4 Å². The molecule has 3 heterocycles. The summed E-state index contributed by atoms with van der Waals surface area (Å²) in [5, 5.41) is 24.4. The molecule has 0 radical (unpaired) electrons. The SMILES string of the molecule is O=P(O)(O)OC[C@H]1O[C@@H](n2cnc3c(NCc4ccc(Cl)cc4)ncnc32)[C@H](O)[C@@H]1O. The Balaban J connectivity index is 1.53. The zero-order valence-corrected chi connectivity index (χ0v) is 17.5. The molecule has 14 heteroatoms. The van der Waals surface area contributed by atoms with Crippen LogP contribution < -0.4 is 5.32 Å². The van der Waals surface area contributed by atoms with E-state index in [4.69, 9.17) is 26.1 Å². The molecule has 1 aliphatic rings. The van der Waals surface area contributed by atoms with Gasteiger partial charge < -0.3 is 30.1 Å². The Morgan fingerprint density at radius 3 is 2.61 bits per heavy atom. The topological polar surface area (TPSA) is 172 Å². The molecule has 4 rings (SSSR count). The fourth-order valence-electron chi connectivity index (χ4n) is 3.22. The number of halogens is 1. The Kier molecular flexibility index (Phi) is 6.24. The predicted molar refractivity (Wildman–Crippen MR) is 108 cm³/mol. The molecule has 0 saturated carbocycles. The van der Waals surface area contributed by atoms with Crippen molar-refractivity contribution >= 4 is 36.4 Å². The Labute approximate surface area is 180 Å². The highest BCUT2D eigenvalue weighted by molar-refractivity contribution is 7.46. The second-order valence-electron chi connectivity index (χ2n) is 6.86. The van der Waals surface area contributed by atoms with Gasteiger partial charge in [0.25, 0.3) is 0 Å². The lowest BCUT2D eigenvalue weighted by atomic mass is 10.1. The Hall–Kier alpha value is -2.15. The van der Waals surface area contributed by atoms with Gasteiger partial charge in [-0.3, -0.25) is 9.09 Å². The maximum absolute atomic E-state index is 10.9. The summed E-state index contributed by atoms with van der Waals surface area (Å²) in [6.45, 7) is -0.145. The first kappa shape index (κ1) is 22.1. The fraction of sp³-hybridized carbons (Fsp3) is 0.353. The van der Waals surface area contributed by atoms with Crippen molar-refractivity contribution in [2.24, 2.45) is 0 Å². The molecule has 12 nitrogen and oxygen atoms in total. The number of rotatable bonds is 7. The summed E-state index contributed by atoms with van der Waals surface area (Å²) in [7, 11) is -4.75. The summed E-state index contributed by atoms with van der Waals surface area (Å²) in [5.74, 6) is 0.452. The van der Waals surface area contributed by atoms with Gasteiger partial charge in [0.05, 0.1) is 12.9 Å². The first-order valence-corrected chi connectivity index (χ1v) is 11.0. The molecule has 0 spiro atoms. The van der Waals surface area contributed by atoms with E-state index in [1.165, 1.54) is 17.2 Å². The Morgan fingerprint density at radius 1 is 1.16 bits per heavy atom. The largest absolute Gasteiger partial charge is 0.469 e. The molecule has 0 unspecified atom stereocenters. The van der Waals surface area contributed by atoms with Gasteiger partial charge in [-0.25, -0.2) is 19.5 Å². The zero-order valence-electron chi connectivity index (χ0n) is 15.8. The fourth-order valence-corrected chi connectivity index (χ4v) is 3.69. The summed E-state index contributed by atoms with van der Waals surface area (Å²) < 4.78 is 22.3. The Bertz CT molecular complexity index is 1110. The summed E-state index contributed by atoms with van der Waals surface area (Å²) in [6.07, 6.45) is -2.39. The van der Waals surface area contributed by atoms with Crippen LogP contribution in [0.15, 0.2) is 36.9 Å². The summed E-state index contributed by atoms with van der Waals surface area (Å²) >= 11 is 5.90. The van der Waals surface area contributed by atoms with Crippen LogP contribution in [0.4, 0.5) is 5.82 Å². The van der Waals surface area contributed by atoms with Crippen LogP contribution in [0.1, 0.15) is 11.8 Å². The lowest BCUT2D eigenvalue weighted by Gasteiger charge is -2.16. The molecule has 2 aromatic heterocycles. The minimum absolute atomic E-state index is 0.335. The van der Waals surface area contributed by atoms with Crippen molar-refractivity contribution in [3.8, 4) is 0 Å². The minimum Gasteiger partial charge on any atom is -0.387 e. The molecule has 4 atom stereocenters. The van der Waals surface area contributed by atoms with E-state index in [0.717, 1.165) is 5.56 Å². The number of aromatic nitrogens is 4. The van der Waals surface area contributed by atoms with Crippen molar-refractivity contribution in [3.63, 3.8) is 0 Å². The molecular formula is C17H19ClN5O7P. The van der Waals surface area contributed by atoms with E-state index in [1.807, 2.05) is 12.1 Å². The number of anilines is 1. The average Bonchev–Trinajstić information content (AvgIpc) is 3.27. The van der Waals surface area contributed by atoms with Crippen molar-refractivity contribution in [2.45, 2.75) is 31.1 Å². The molecule has 1 fully saturated rings. The van der Waals surface area contributed by atoms with Crippen LogP contribution in [-0.2, 0) is 20.4 Å². The molecule has 0 aliphatic carbocycles. The third-order valence-corrected chi connectivity index (χ3v) is 5.49. The van der Waals surface area contributed by atoms with Gasteiger partial charge in [0.15, 0.2) is 23.2 Å². The van der Waals surface area contributed by atoms with Gasteiger partial charge in [-0.15, -0.1) is 0 Å². The zero-order chi connectivity index (χ0) is 22.2. The number of hydrogen-bond donors (Lipinski definition) is 5. The van der Waals surface area contributed by atoms with E-state index in [1.54, 1.807) is 12.1 Å². The molecule has 166 valence electrons. The van der Waals surface area contributed by atoms with Gasteiger partial charge in [0, 0.05) is 11.6 Å². The second-order valence-corrected chi connectivity index (χ2v) is 8.53. The first-order valence-electron chi connectivity index (χ1n) is 9.10. The third-order valence-electron chi connectivity index (χ3n) is 4.75. The van der Waals surface area contributed by atoms with Crippen LogP contribution in [0.3, 0.4) is 0 Å². The highest BCUT2D eigenvalue weighted by atomic mass is 35.5. The van der Waals surface area contributed by atoms with E-state index in [-0.39, 0.29) is 0 Å². The number of phosphoric ester groups is 1. The summed E-state index contributed by atoms with van der Waals surface area (Å²) in [6, 6.07) is 7.30. The van der Waals surface area contributed by atoms with Crippen molar-refractivity contribution in [3.05, 3.63) is 47.5 Å². The van der Waals surface area contributed by atoms with Crippen LogP contribution in [0.2, 0.25) is 5.02 Å². The number of aliphatic hydroxyl groups excluding tert-OH is 2.